The summed E-state index contributed by atoms with van der Waals surface area (Å²) in [5.74, 6) is -0.502. The fraction of sp³-hybridized carbons (Fsp3) is 0.167. The molecule has 0 spiro atoms. The highest BCUT2D eigenvalue weighted by Crippen LogP contribution is 2.34. The van der Waals surface area contributed by atoms with Gasteiger partial charge in [-0.1, -0.05) is 23.7 Å². The molecule has 0 saturated heterocycles. The third kappa shape index (κ3) is 6.10. The molecule has 0 unspecified atom stereocenters. The second-order valence-corrected chi connectivity index (χ2v) is 6.83. The first-order chi connectivity index (χ1) is 12.9. The lowest BCUT2D eigenvalue weighted by Gasteiger charge is -2.13. The van der Waals surface area contributed by atoms with E-state index < -0.39 is 11.8 Å². The van der Waals surface area contributed by atoms with E-state index in [4.69, 9.17) is 21.1 Å². The molecule has 2 N–H and O–H groups in total. The molecule has 0 heterocycles. The number of nitrogens with one attached hydrogen (secondary N) is 2. The molecule has 2 rings (SSSR count). The van der Waals surface area contributed by atoms with Crippen molar-refractivity contribution in [2.45, 2.75) is 6.61 Å². The quantitative estimate of drug-likeness (QED) is 0.276. The third-order valence-electron chi connectivity index (χ3n) is 3.36. The molecule has 2 aromatic rings. The first kappa shape index (κ1) is 21.0. The van der Waals surface area contributed by atoms with Crippen LogP contribution in [-0.2, 0) is 16.2 Å². The lowest BCUT2D eigenvalue weighted by Crippen LogP contribution is -2.35. The SMILES string of the molecule is CNC(=O)C(=O)N/N=C\c1cc(I)c(OCc2ccc(Cl)cc2)c(OC)c1. The first-order valence-corrected chi connectivity index (χ1v) is 9.20. The average molecular weight is 502 g/mol. The molecule has 27 heavy (non-hydrogen) atoms. The van der Waals surface area contributed by atoms with Crippen LogP contribution in [0, 0.1) is 3.57 Å². The van der Waals surface area contributed by atoms with Gasteiger partial charge in [0.05, 0.1) is 16.9 Å². The minimum absolute atomic E-state index is 0.360. The number of hydrogen-bond acceptors (Lipinski definition) is 5. The van der Waals surface area contributed by atoms with E-state index in [2.05, 4.69) is 38.4 Å². The molecule has 0 radical (unpaired) electrons. The van der Waals surface area contributed by atoms with Gasteiger partial charge in [-0.25, -0.2) is 5.43 Å². The van der Waals surface area contributed by atoms with Crippen molar-refractivity contribution in [3.8, 4) is 11.5 Å². The van der Waals surface area contributed by atoms with E-state index in [-0.39, 0.29) is 0 Å². The summed E-state index contributed by atoms with van der Waals surface area (Å²) in [7, 11) is 2.90. The number of methoxy groups -OCH3 is 1. The lowest BCUT2D eigenvalue weighted by atomic mass is 10.2. The van der Waals surface area contributed by atoms with Gasteiger partial charge in [-0.2, -0.15) is 5.10 Å². The minimum Gasteiger partial charge on any atom is -0.493 e. The molecule has 0 fully saturated rings. The number of ether oxygens (including phenoxy) is 2. The molecule has 0 aliphatic rings. The van der Waals surface area contributed by atoms with Crippen LogP contribution >= 0.6 is 34.2 Å². The summed E-state index contributed by atoms with van der Waals surface area (Å²) >= 11 is 8.01. The van der Waals surface area contributed by atoms with Crippen molar-refractivity contribution >= 4 is 52.2 Å². The molecule has 0 aliphatic carbocycles. The van der Waals surface area contributed by atoms with E-state index in [0.29, 0.717) is 28.7 Å². The van der Waals surface area contributed by atoms with Gasteiger partial charge in [0.25, 0.3) is 0 Å². The van der Waals surface area contributed by atoms with Crippen LogP contribution in [-0.4, -0.2) is 32.2 Å². The number of nitrogens with zero attached hydrogens (tertiary/aromatic N) is 1. The normalized spacial score (nSPS) is 10.5. The number of hydrogen-bond donors (Lipinski definition) is 2. The van der Waals surface area contributed by atoms with Crippen molar-refractivity contribution in [1.82, 2.24) is 10.7 Å². The van der Waals surface area contributed by atoms with Crippen LogP contribution in [0.15, 0.2) is 41.5 Å². The molecule has 2 amide bonds. The van der Waals surface area contributed by atoms with Gasteiger partial charge in [0.1, 0.15) is 6.61 Å². The highest BCUT2D eigenvalue weighted by Gasteiger charge is 2.12. The molecule has 2 aromatic carbocycles. The van der Waals surface area contributed by atoms with E-state index in [1.165, 1.54) is 20.4 Å². The van der Waals surface area contributed by atoms with Gasteiger partial charge in [0, 0.05) is 12.1 Å². The van der Waals surface area contributed by atoms with Gasteiger partial charge < -0.3 is 14.8 Å². The molecule has 0 saturated carbocycles. The van der Waals surface area contributed by atoms with E-state index in [0.717, 1.165) is 9.13 Å². The highest BCUT2D eigenvalue weighted by molar-refractivity contribution is 14.1. The summed E-state index contributed by atoms with van der Waals surface area (Å²) in [5.41, 5.74) is 3.78. The molecule has 7 nitrogen and oxygen atoms in total. The summed E-state index contributed by atoms with van der Waals surface area (Å²) in [6.07, 6.45) is 1.41. The Morgan fingerprint density at radius 1 is 1.22 bits per heavy atom. The van der Waals surface area contributed by atoms with Crippen LogP contribution in [0.3, 0.4) is 0 Å². The number of benzene rings is 2. The zero-order valence-corrected chi connectivity index (χ0v) is 17.5. The van der Waals surface area contributed by atoms with Gasteiger partial charge in [0.2, 0.25) is 0 Å². The summed E-state index contributed by atoms with van der Waals surface area (Å²) in [4.78, 5) is 22.5. The standard InChI is InChI=1S/C18H17ClIN3O4/c1-21-17(24)18(25)23-22-9-12-7-14(20)16(15(8-12)26-2)27-10-11-3-5-13(19)6-4-11/h3-9H,10H2,1-2H3,(H,21,24)(H,23,25)/b22-9-. The fourth-order valence-electron chi connectivity index (χ4n) is 2.02. The predicted octanol–water partition coefficient (Wildman–Crippen LogP) is 2.73. The second kappa shape index (κ2) is 10.1. The van der Waals surface area contributed by atoms with Gasteiger partial charge in [-0.3, -0.25) is 9.59 Å². The van der Waals surface area contributed by atoms with Crippen LogP contribution in [0.1, 0.15) is 11.1 Å². The maximum atomic E-state index is 11.4. The van der Waals surface area contributed by atoms with Gasteiger partial charge in [-0.05, 0) is 58.0 Å². The van der Waals surface area contributed by atoms with E-state index in [9.17, 15) is 9.59 Å². The maximum absolute atomic E-state index is 11.4. The third-order valence-corrected chi connectivity index (χ3v) is 4.41. The van der Waals surface area contributed by atoms with Crippen molar-refractivity contribution in [1.29, 1.82) is 0 Å². The van der Waals surface area contributed by atoms with Crippen molar-refractivity contribution in [3.63, 3.8) is 0 Å². The Labute approximate surface area is 175 Å². The Hall–Kier alpha value is -2.33. The van der Waals surface area contributed by atoms with Gasteiger partial charge >= 0.3 is 11.8 Å². The second-order valence-electron chi connectivity index (χ2n) is 5.23. The minimum atomic E-state index is -0.849. The van der Waals surface area contributed by atoms with Crippen LogP contribution in [0.4, 0.5) is 0 Å². The molecule has 0 aliphatic heterocycles. The van der Waals surface area contributed by atoms with Crippen LogP contribution in [0.25, 0.3) is 0 Å². The Bertz CT molecular complexity index is 856. The molecule has 9 heteroatoms. The molecule has 142 valence electrons. The molecule has 0 atom stereocenters. The summed E-state index contributed by atoms with van der Waals surface area (Å²) < 4.78 is 12.1. The number of likely N-dealkylation sites (N-methyl/N-ethyl adjacent to an activating group) is 1. The highest BCUT2D eigenvalue weighted by atomic mass is 127. The largest absolute Gasteiger partial charge is 0.493 e. The topological polar surface area (TPSA) is 89.0 Å². The van der Waals surface area contributed by atoms with Crippen molar-refractivity contribution in [2.24, 2.45) is 5.10 Å². The average Bonchev–Trinajstić information content (AvgIpc) is 2.67. The van der Waals surface area contributed by atoms with Crippen molar-refractivity contribution < 1.29 is 19.1 Å². The maximum Gasteiger partial charge on any atom is 0.329 e. The van der Waals surface area contributed by atoms with Gasteiger partial charge in [0.15, 0.2) is 11.5 Å². The van der Waals surface area contributed by atoms with Gasteiger partial charge in [-0.15, -0.1) is 0 Å². The van der Waals surface area contributed by atoms with E-state index >= 15 is 0 Å². The first-order valence-electron chi connectivity index (χ1n) is 7.74. The Morgan fingerprint density at radius 2 is 1.93 bits per heavy atom. The van der Waals surface area contributed by atoms with E-state index in [1.807, 2.05) is 18.2 Å². The number of carbonyl (C=O) groups is 2. The Morgan fingerprint density at radius 3 is 2.56 bits per heavy atom. The van der Waals surface area contributed by atoms with E-state index in [1.54, 1.807) is 18.2 Å². The number of amides is 2. The lowest BCUT2D eigenvalue weighted by molar-refractivity contribution is -0.138. The summed E-state index contributed by atoms with van der Waals surface area (Å²) in [5, 5.41) is 6.63. The predicted molar refractivity (Wildman–Crippen MR) is 111 cm³/mol. The van der Waals surface area contributed by atoms with Crippen LogP contribution in [0.5, 0.6) is 11.5 Å². The molecule has 0 bridgehead atoms. The number of halogens is 2. The summed E-state index contributed by atoms with van der Waals surface area (Å²) in [6.45, 7) is 0.360. The Balaban J connectivity index is 2.10. The van der Waals surface area contributed by atoms with Crippen LogP contribution in [0.2, 0.25) is 5.02 Å². The van der Waals surface area contributed by atoms with Crippen LogP contribution < -0.4 is 20.2 Å². The van der Waals surface area contributed by atoms with Crippen molar-refractivity contribution in [2.75, 3.05) is 14.2 Å². The molecular weight excluding hydrogens is 485 g/mol. The molecule has 0 aromatic heterocycles. The number of hydrazone groups is 1. The number of rotatable bonds is 6. The number of carbonyl (C=O) groups excluding carboxylic acids is 2. The zero-order chi connectivity index (χ0) is 19.8. The zero-order valence-electron chi connectivity index (χ0n) is 14.6. The monoisotopic (exact) mass is 501 g/mol. The van der Waals surface area contributed by atoms with Crippen molar-refractivity contribution in [3.05, 3.63) is 56.1 Å². The molecular formula is C18H17ClIN3O4. The smallest absolute Gasteiger partial charge is 0.329 e. The fourth-order valence-corrected chi connectivity index (χ4v) is 2.93. The Kier molecular flexibility index (Phi) is 7.86. The summed E-state index contributed by atoms with van der Waals surface area (Å²) in [6, 6.07) is 10.9.